The minimum absolute atomic E-state index is 0.466. The lowest BCUT2D eigenvalue weighted by molar-refractivity contribution is 0.169. The molecule has 0 radical (unpaired) electrons. The smallest absolute Gasteiger partial charge is 0.0224 e. The zero-order valence-corrected chi connectivity index (χ0v) is 7.69. The van der Waals surface area contributed by atoms with Crippen LogP contribution in [-0.2, 0) is 0 Å². The summed E-state index contributed by atoms with van der Waals surface area (Å²) in [4.78, 5) is 0. The predicted octanol–water partition coefficient (Wildman–Crippen LogP) is 2.48. The van der Waals surface area contributed by atoms with Gasteiger partial charge in [0.15, 0.2) is 0 Å². The monoisotopic (exact) mass is 153 g/mol. The topological polar surface area (TPSA) is 12.0 Å². The van der Waals surface area contributed by atoms with Crippen molar-refractivity contribution < 1.29 is 0 Å². The lowest BCUT2D eigenvalue weighted by Gasteiger charge is -2.43. The summed E-state index contributed by atoms with van der Waals surface area (Å²) < 4.78 is 0. The fourth-order valence-corrected chi connectivity index (χ4v) is 1.75. The predicted molar refractivity (Wildman–Crippen MR) is 49.7 cm³/mol. The summed E-state index contributed by atoms with van der Waals surface area (Å²) in [6, 6.07) is 0.468. The summed E-state index contributed by atoms with van der Waals surface area (Å²) in [6.07, 6.45) is 7.33. The van der Waals surface area contributed by atoms with Crippen molar-refractivity contribution in [2.24, 2.45) is 0 Å². The molecule has 1 N–H and O–H groups in total. The van der Waals surface area contributed by atoms with Gasteiger partial charge in [0, 0.05) is 11.6 Å². The SMILES string of the molecule is C=CC(C)NC1(CC)CCC1. The minimum Gasteiger partial charge on any atom is -0.305 e. The molecular weight excluding hydrogens is 134 g/mol. The van der Waals surface area contributed by atoms with Gasteiger partial charge in [-0.3, -0.25) is 0 Å². The van der Waals surface area contributed by atoms with Crippen LogP contribution in [0.25, 0.3) is 0 Å². The Morgan fingerprint density at radius 1 is 1.64 bits per heavy atom. The lowest BCUT2D eigenvalue weighted by atomic mass is 9.74. The lowest BCUT2D eigenvalue weighted by Crippen LogP contribution is -2.53. The maximum atomic E-state index is 3.77. The van der Waals surface area contributed by atoms with E-state index >= 15 is 0 Å². The van der Waals surface area contributed by atoms with E-state index in [-0.39, 0.29) is 0 Å². The molecule has 1 nitrogen and oxygen atoms in total. The largest absolute Gasteiger partial charge is 0.305 e. The highest BCUT2D eigenvalue weighted by atomic mass is 15.0. The van der Waals surface area contributed by atoms with Gasteiger partial charge in [-0.05, 0) is 32.6 Å². The van der Waals surface area contributed by atoms with Gasteiger partial charge in [0.25, 0.3) is 0 Å². The molecule has 0 aromatic rings. The zero-order valence-electron chi connectivity index (χ0n) is 7.69. The first-order valence-corrected chi connectivity index (χ1v) is 4.63. The van der Waals surface area contributed by atoms with Crippen LogP contribution in [0.2, 0.25) is 0 Å². The van der Waals surface area contributed by atoms with Crippen molar-refractivity contribution in [3.8, 4) is 0 Å². The third kappa shape index (κ3) is 1.84. The Labute approximate surface area is 69.9 Å². The van der Waals surface area contributed by atoms with Gasteiger partial charge in [-0.1, -0.05) is 13.0 Å². The Bertz CT molecular complexity index is 130. The van der Waals surface area contributed by atoms with Crippen LogP contribution in [0.5, 0.6) is 0 Å². The molecule has 0 bridgehead atoms. The number of hydrogen-bond acceptors (Lipinski definition) is 1. The highest BCUT2D eigenvalue weighted by Crippen LogP contribution is 2.34. The highest BCUT2D eigenvalue weighted by Gasteiger charge is 2.34. The molecular formula is C10H19N. The van der Waals surface area contributed by atoms with Crippen LogP contribution >= 0.6 is 0 Å². The molecule has 0 spiro atoms. The van der Waals surface area contributed by atoms with Crippen LogP contribution < -0.4 is 5.32 Å². The molecule has 0 amide bonds. The van der Waals surface area contributed by atoms with Gasteiger partial charge in [0.1, 0.15) is 0 Å². The quantitative estimate of drug-likeness (QED) is 0.612. The van der Waals surface area contributed by atoms with Crippen LogP contribution in [-0.4, -0.2) is 11.6 Å². The van der Waals surface area contributed by atoms with Gasteiger partial charge in [0.05, 0.1) is 0 Å². The Hall–Kier alpha value is -0.300. The van der Waals surface area contributed by atoms with Gasteiger partial charge in [-0.25, -0.2) is 0 Å². The summed E-state index contributed by atoms with van der Waals surface area (Å²) in [6.45, 7) is 8.21. The second-order valence-corrected chi connectivity index (χ2v) is 3.66. The van der Waals surface area contributed by atoms with Gasteiger partial charge >= 0.3 is 0 Å². The minimum atomic E-state index is 0.466. The van der Waals surface area contributed by atoms with Gasteiger partial charge in [0.2, 0.25) is 0 Å². The summed E-state index contributed by atoms with van der Waals surface area (Å²) in [7, 11) is 0. The van der Waals surface area contributed by atoms with Crippen LogP contribution in [0.3, 0.4) is 0 Å². The molecule has 1 aliphatic carbocycles. The van der Waals surface area contributed by atoms with Gasteiger partial charge < -0.3 is 5.32 Å². The van der Waals surface area contributed by atoms with E-state index in [2.05, 4.69) is 25.7 Å². The van der Waals surface area contributed by atoms with Crippen molar-refractivity contribution in [3.05, 3.63) is 12.7 Å². The first-order chi connectivity index (χ1) is 5.22. The van der Waals surface area contributed by atoms with E-state index < -0.39 is 0 Å². The third-order valence-electron chi connectivity index (χ3n) is 2.87. The molecule has 1 atom stereocenters. The van der Waals surface area contributed by atoms with Crippen LogP contribution in [0.4, 0.5) is 0 Å². The zero-order chi connectivity index (χ0) is 8.32. The van der Waals surface area contributed by atoms with Crippen molar-refractivity contribution in [3.63, 3.8) is 0 Å². The molecule has 64 valence electrons. The summed E-state index contributed by atoms with van der Waals surface area (Å²) in [5.41, 5.74) is 0.466. The van der Waals surface area contributed by atoms with E-state index in [1.54, 1.807) is 0 Å². The number of rotatable bonds is 4. The number of hydrogen-bond donors (Lipinski definition) is 1. The highest BCUT2D eigenvalue weighted by molar-refractivity contribution is 4.99. The normalized spacial score (nSPS) is 23.8. The molecule has 0 saturated heterocycles. The molecule has 1 unspecified atom stereocenters. The Morgan fingerprint density at radius 2 is 2.27 bits per heavy atom. The molecule has 11 heavy (non-hydrogen) atoms. The molecule has 0 aromatic carbocycles. The second-order valence-electron chi connectivity index (χ2n) is 3.66. The molecule has 0 aliphatic heterocycles. The standard InChI is InChI=1S/C10H19N/c1-4-9(3)11-10(5-2)7-6-8-10/h4,9,11H,1,5-8H2,2-3H3. The average Bonchev–Trinajstić information content (AvgIpc) is 1.96. The molecule has 1 saturated carbocycles. The maximum Gasteiger partial charge on any atom is 0.0224 e. The number of nitrogens with one attached hydrogen (secondary N) is 1. The molecule has 0 heterocycles. The first kappa shape index (κ1) is 8.79. The van der Waals surface area contributed by atoms with Crippen LogP contribution in [0, 0.1) is 0 Å². The Morgan fingerprint density at radius 3 is 2.55 bits per heavy atom. The Kier molecular flexibility index (Phi) is 2.72. The van der Waals surface area contributed by atoms with Crippen molar-refractivity contribution >= 4 is 0 Å². The fourth-order valence-electron chi connectivity index (χ4n) is 1.75. The van der Waals surface area contributed by atoms with E-state index in [0.29, 0.717) is 11.6 Å². The van der Waals surface area contributed by atoms with Crippen LogP contribution in [0.1, 0.15) is 39.5 Å². The molecule has 1 fully saturated rings. The van der Waals surface area contributed by atoms with Crippen molar-refractivity contribution in [1.29, 1.82) is 0 Å². The summed E-state index contributed by atoms with van der Waals surface area (Å²) >= 11 is 0. The van der Waals surface area contributed by atoms with Crippen molar-refractivity contribution in [1.82, 2.24) is 5.32 Å². The fraction of sp³-hybridized carbons (Fsp3) is 0.800. The first-order valence-electron chi connectivity index (χ1n) is 4.63. The Balaban J connectivity index is 2.37. The van der Waals surface area contributed by atoms with Gasteiger partial charge in [-0.15, -0.1) is 6.58 Å². The molecule has 0 aromatic heterocycles. The second kappa shape index (κ2) is 3.40. The van der Waals surface area contributed by atoms with E-state index in [1.807, 2.05) is 6.08 Å². The molecule has 1 heteroatoms. The maximum absolute atomic E-state index is 3.77. The van der Waals surface area contributed by atoms with E-state index in [0.717, 1.165) is 0 Å². The summed E-state index contributed by atoms with van der Waals surface area (Å²) in [5.74, 6) is 0. The van der Waals surface area contributed by atoms with E-state index in [9.17, 15) is 0 Å². The van der Waals surface area contributed by atoms with Crippen molar-refractivity contribution in [2.45, 2.75) is 51.1 Å². The average molecular weight is 153 g/mol. The molecule has 1 rings (SSSR count). The van der Waals surface area contributed by atoms with Crippen LogP contribution in [0.15, 0.2) is 12.7 Å². The van der Waals surface area contributed by atoms with Gasteiger partial charge in [-0.2, -0.15) is 0 Å². The summed E-state index contributed by atoms with van der Waals surface area (Å²) in [5, 5.41) is 3.61. The third-order valence-corrected chi connectivity index (χ3v) is 2.87. The van der Waals surface area contributed by atoms with E-state index in [1.165, 1.54) is 25.7 Å². The molecule has 1 aliphatic rings. The van der Waals surface area contributed by atoms with Crippen molar-refractivity contribution in [2.75, 3.05) is 0 Å². The van der Waals surface area contributed by atoms with E-state index in [4.69, 9.17) is 0 Å².